The molecule has 84 valence electrons. The number of hydrogen-bond acceptors (Lipinski definition) is 4. The van der Waals surface area contributed by atoms with E-state index in [0.717, 1.165) is 0 Å². The van der Waals surface area contributed by atoms with Crippen LogP contribution in [0.3, 0.4) is 0 Å². The van der Waals surface area contributed by atoms with Crippen molar-refractivity contribution < 1.29 is 4.79 Å². The number of benzene rings is 1. The van der Waals surface area contributed by atoms with Gasteiger partial charge in [-0.25, -0.2) is 9.97 Å². The maximum absolute atomic E-state index is 11.7. The lowest BCUT2D eigenvalue weighted by Gasteiger charge is -1.94. The molecule has 4 heteroatoms. The number of thioether (sulfide) groups is 1. The van der Waals surface area contributed by atoms with Gasteiger partial charge in [-0.1, -0.05) is 42.1 Å². The molecule has 0 unspecified atom stereocenters. The highest BCUT2D eigenvalue weighted by Crippen LogP contribution is 2.13. The molecule has 1 heterocycles. The van der Waals surface area contributed by atoms with E-state index in [4.69, 9.17) is 0 Å². The fraction of sp³-hybridized carbons (Fsp3) is 0. The summed E-state index contributed by atoms with van der Waals surface area (Å²) in [6.07, 6.45) is 4.86. The monoisotopic (exact) mass is 242 g/mol. The first-order chi connectivity index (χ1) is 8.36. The second kappa shape index (κ2) is 5.96. The molecular weight excluding hydrogens is 232 g/mol. The molecule has 0 amide bonds. The van der Waals surface area contributed by atoms with Crippen LogP contribution in [0, 0.1) is 0 Å². The second-order valence-corrected chi connectivity index (χ2v) is 4.06. The van der Waals surface area contributed by atoms with Gasteiger partial charge in [-0.2, -0.15) is 0 Å². The van der Waals surface area contributed by atoms with E-state index in [1.54, 1.807) is 36.0 Å². The van der Waals surface area contributed by atoms with Gasteiger partial charge in [0.2, 0.25) is 0 Å². The van der Waals surface area contributed by atoms with Gasteiger partial charge in [0, 0.05) is 18.0 Å². The molecule has 0 N–H and O–H groups in total. The number of ketones is 1. The standard InChI is InChI=1S/C13H10N2OS/c16-12(11-5-2-1-3-6-11)7-10-17-13-14-8-4-9-15-13/h1-10H/b10-7-. The van der Waals surface area contributed by atoms with Gasteiger partial charge in [-0.3, -0.25) is 4.79 Å². The Morgan fingerprint density at radius 2 is 1.76 bits per heavy atom. The molecule has 0 spiro atoms. The van der Waals surface area contributed by atoms with Crippen molar-refractivity contribution in [3.05, 3.63) is 65.8 Å². The number of carbonyl (C=O) groups excluding carboxylic acids is 1. The average molecular weight is 242 g/mol. The average Bonchev–Trinajstić information content (AvgIpc) is 2.41. The van der Waals surface area contributed by atoms with E-state index < -0.39 is 0 Å². The van der Waals surface area contributed by atoms with Crippen LogP contribution in [0.15, 0.2) is 65.4 Å². The van der Waals surface area contributed by atoms with Crippen LogP contribution in [-0.4, -0.2) is 15.8 Å². The number of hydrogen-bond donors (Lipinski definition) is 0. The Morgan fingerprint density at radius 1 is 1.06 bits per heavy atom. The predicted molar refractivity (Wildman–Crippen MR) is 67.8 cm³/mol. The fourth-order valence-corrected chi connectivity index (χ4v) is 1.76. The Kier molecular flexibility index (Phi) is 4.05. The maximum atomic E-state index is 11.7. The van der Waals surface area contributed by atoms with Crippen molar-refractivity contribution in [2.24, 2.45) is 0 Å². The van der Waals surface area contributed by atoms with E-state index >= 15 is 0 Å². The van der Waals surface area contributed by atoms with Crippen molar-refractivity contribution in [1.29, 1.82) is 0 Å². The van der Waals surface area contributed by atoms with E-state index in [0.29, 0.717) is 10.7 Å². The molecule has 0 aliphatic carbocycles. The molecule has 2 rings (SSSR count). The summed E-state index contributed by atoms with van der Waals surface area (Å²) < 4.78 is 0. The highest BCUT2D eigenvalue weighted by molar-refractivity contribution is 8.02. The zero-order valence-electron chi connectivity index (χ0n) is 8.98. The highest BCUT2D eigenvalue weighted by Gasteiger charge is 1.99. The smallest absolute Gasteiger partial charge is 0.191 e. The Bertz CT molecular complexity index is 511. The third-order valence-corrected chi connectivity index (χ3v) is 2.69. The SMILES string of the molecule is O=C(/C=C\Sc1ncccn1)c1ccccc1. The third kappa shape index (κ3) is 3.53. The molecular formula is C13H10N2OS. The van der Waals surface area contributed by atoms with Gasteiger partial charge < -0.3 is 0 Å². The van der Waals surface area contributed by atoms with Crippen LogP contribution < -0.4 is 0 Å². The first-order valence-corrected chi connectivity index (χ1v) is 5.94. The Morgan fingerprint density at radius 3 is 2.47 bits per heavy atom. The van der Waals surface area contributed by atoms with Crippen LogP contribution in [0.4, 0.5) is 0 Å². The minimum Gasteiger partial charge on any atom is -0.289 e. The number of allylic oxidation sites excluding steroid dienone is 1. The first kappa shape index (κ1) is 11.5. The molecule has 17 heavy (non-hydrogen) atoms. The van der Waals surface area contributed by atoms with Crippen LogP contribution in [0.2, 0.25) is 0 Å². The zero-order valence-corrected chi connectivity index (χ0v) is 9.80. The minimum atomic E-state index is -0.0194. The molecule has 0 aliphatic rings. The Labute approximate surface area is 104 Å². The number of carbonyl (C=O) groups is 1. The van der Waals surface area contributed by atoms with Crippen molar-refractivity contribution in [2.75, 3.05) is 0 Å². The lowest BCUT2D eigenvalue weighted by Crippen LogP contribution is -1.92. The van der Waals surface area contributed by atoms with Gasteiger partial charge in [-0.15, -0.1) is 0 Å². The number of nitrogens with zero attached hydrogens (tertiary/aromatic N) is 2. The van der Waals surface area contributed by atoms with Crippen molar-refractivity contribution in [3.8, 4) is 0 Å². The van der Waals surface area contributed by atoms with Crippen molar-refractivity contribution in [2.45, 2.75) is 5.16 Å². The molecule has 0 saturated carbocycles. The van der Waals surface area contributed by atoms with E-state index in [2.05, 4.69) is 9.97 Å². The largest absolute Gasteiger partial charge is 0.289 e. The molecule has 2 aromatic rings. The van der Waals surface area contributed by atoms with Crippen molar-refractivity contribution in [1.82, 2.24) is 9.97 Å². The molecule has 0 aliphatic heterocycles. The van der Waals surface area contributed by atoms with E-state index in [1.807, 2.05) is 18.2 Å². The summed E-state index contributed by atoms with van der Waals surface area (Å²) in [5.74, 6) is -0.0194. The van der Waals surface area contributed by atoms with Crippen molar-refractivity contribution >= 4 is 17.5 Å². The number of aromatic nitrogens is 2. The van der Waals surface area contributed by atoms with Gasteiger partial charge in [0.25, 0.3) is 0 Å². The summed E-state index contributed by atoms with van der Waals surface area (Å²) in [6, 6.07) is 10.9. The lowest BCUT2D eigenvalue weighted by molar-refractivity contribution is 0.104. The summed E-state index contributed by atoms with van der Waals surface area (Å²) >= 11 is 1.32. The summed E-state index contributed by atoms with van der Waals surface area (Å²) in [6.45, 7) is 0. The van der Waals surface area contributed by atoms with Gasteiger partial charge in [0.05, 0.1) is 0 Å². The second-order valence-electron chi connectivity index (χ2n) is 3.18. The summed E-state index contributed by atoms with van der Waals surface area (Å²) in [5, 5.41) is 2.33. The predicted octanol–water partition coefficient (Wildman–Crippen LogP) is 2.97. The fourth-order valence-electron chi connectivity index (χ4n) is 1.20. The molecule has 0 radical (unpaired) electrons. The van der Waals surface area contributed by atoms with Crippen LogP contribution in [0.1, 0.15) is 10.4 Å². The summed E-state index contributed by atoms with van der Waals surface area (Å²) in [5.41, 5.74) is 0.679. The van der Waals surface area contributed by atoms with Crippen LogP contribution in [0.5, 0.6) is 0 Å². The maximum Gasteiger partial charge on any atom is 0.191 e. The van der Waals surface area contributed by atoms with Gasteiger partial charge in [0.15, 0.2) is 10.9 Å². The van der Waals surface area contributed by atoms with Gasteiger partial charge >= 0.3 is 0 Å². The Hall–Kier alpha value is -1.94. The van der Waals surface area contributed by atoms with E-state index in [-0.39, 0.29) is 5.78 Å². The quantitative estimate of drug-likeness (QED) is 0.358. The summed E-state index contributed by atoms with van der Waals surface area (Å²) in [7, 11) is 0. The topological polar surface area (TPSA) is 42.9 Å². The highest BCUT2D eigenvalue weighted by atomic mass is 32.2. The Balaban J connectivity index is 1.96. The number of rotatable bonds is 4. The molecule has 1 aromatic heterocycles. The van der Waals surface area contributed by atoms with E-state index in [9.17, 15) is 4.79 Å². The summed E-state index contributed by atoms with van der Waals surface area (Å²) in [4.78, 5) is 19.8. The third-order valence-electron chi connectivity index (χ3n) is 1.99. The first-order valence-electron chi connectivity index (χ1n) is 5.06. The van der Waals surface area contributed by atoms with Crippen LogP contribution in [-0.2, 0) is 0 Å². The molecule has 0 bridgehead atoms. The van der Waals surface area contributed by atoms with E-state index in [1.165, 1.54) is 17.8 Å². The minimum absolute atomic E-state index is 0.0194. The normalized spacial score (nSPS) is 10.6. The molecule has 0 saturated heterocycles. The molecule has 0 atom stereocenters. The zero-order chi connectivity index (χ0) is 11.9. The van der Waals surface area contributed by atoms with Gasteiger partial charge in [-0.05, 0) is 17.6 Å². The van der Waals surface area contributed by atoms with Crippen LogP contribution in [0.25, 0.3) is 0 Å². The molecule has 0 fully saturated rings. The van der Waals surface area contributed by atoms with Crippen molar-refractivity contribution in [3.63, 3.8) is 0 Å². The van der Waals surface area contributed by atoms with Crippen LogP contribution >= 0.6 is 11.8 Å². The van der Waals surface area contributed by atoms with Gasteiger partial charge in [0.1, 0.15) is 0 Å². The molecule has 3 nitrogen and oxygen atoms in total. The molecule has 1 aromatic carbocycles. The lowest BCUT2D eigenvalue weighted by atomic mass is 10.1.